The summed E-state index contributed by atoms with van der Waals surface area (Å²) < 4.78 is 7.34. The molecule has 0 unspecified atom stereocenters. The molecule has 3 rings (SSSR count). The quantitative estimate of drug-likeness (QED) is 0.620. The molecule has 1 amide bonds. The zero-order valence-corrected chi connectivity index (χ0v) is 16.1. The molecule has 134 valence electrons. The zero-order chi connectivity index (χ0) is 18.7. The van der Waals surface area contributed by atoms with Crippen LogP contribution < -0.4 is 10.9 Å². The molecule has 0 saturated heterocycles. The third-order valence-electron chi connectivity index (χ3n) is 3.49. The van der Waals surface area contributed by atoms with Crippen LogP contribution in [0.1, 0.15) is 21.7 Å². The van der Waals surface area contributed by atoms with E-state index >= 15 is 0 Å². The average molecular weight is 436 g/mol. The molecule has 0 spiro atoms. The fourth-order valence-electron chi connectivity index (χ4n) is 2.26. The minimum absolute atomic E-state index is 0.131. The predicted molar refractivity (Wildman–Crippen MR) is 100 cm³/mol. The van der Waals surface area contributed by atoms with E-state index in [1.54, 1.807) is 24.3 Å². The standard InChI is InChI=1S/C17H14BrN3O4S/c1-10-9-26-17-20-13(6-14(22)21(10)17)8-25-15(23)7-19-16(24)11-3-2-4-12(18)5-11/h2-6,9H,7-8H2,1H3,(H,19,24). The normalized spacial score (nSPS) is 10.7. The van der Waals surface area contributed by atoms with E-state index in [9.17, 15) is 14.4 Å². The summed E-state index contributed by atoms with van der Waals surface area (Å²) in [5.74, 6) is -0.993. The number of carbonyl (C=O) groups excluding carboxylic acids is 2. The van der Waals surface area contributed by atoms with Crippen molar-refractivity contribution in [2.45, 2.75) is 13.5 Å². The smallest absolute Gasteiger partial charge is 0.325 e. The number of benzene rings is 1. The molecule has 0 atom stereocenters. The number of esters is 1. The number of thiazole rings is 1. The van der Waals surface area contributed by atoms with Crippen molar-refractivity contribution in [1.82, 2.24) is 14.7 Å². The van der Waals surface area contributed by atoms with Gasteiger partial charge in [0.2, 0.25) is 0 Å². The van der Waals surface area contributed by atoms with Crippen LogP contribution in [0.25, 0.3) is 4.96 Å². The van der Waals surface area contributed by atoms with E-state index < -0.39 is 5.97 Å². The first-order chi connectivity index (χ1) is 12.4. The van der Waals surface area contributed by atoms with Gasteiger partial charge in [0, 0.05) is 27.2 Å². The Labute approximate surface area is 160 Å². The van der Waals surface area contributed by atoms with Crippen LogP contribution in [-0.2, 0) is 16.1 Å². The topological polar surface area (TPSA) is 89.8 Å². The van der Waals surface area contributed by atoms with Gasteiger partial charge < -0.3 is 10.1 Å². The van der Waals surface area contributed by atoms with Gasteiger partial charge in [-0.2, -0.15) is 0 Å². The van der Waals surface area contributed by atoms with E-state index in [0.717, 1.165) is 10.2 Å². The van der Waals surface area contributed by atoms with E-state index in [1.807, 2.05) is 12.3 Å². The number of aryl methyl sites for hydroxylation is 1. The van der Waals surface area contributed by atoms with Crippen molar-refractivity contribution < 1.29 is 14.3 Å². The summed E-state index contributed by atoms with van der Waals surface area (Å²) in [7, 11) is 0. The van der Waals surface area contributed by atoms with Gasteiger partial charge in [-0.25, -0.2) is 4.98 Å². The molecule has 26 heavy (non-hydrogen) atoms. The van der Waals surface area contributed by atoms with Crippen LogP contribution in [-0.4, -0.2) is 27.8 Å². The molecule has 2 heterocycles. The number of nitrogens with zero attached hydrogens (tertiary/aromatic N) is 2. The summed E-state index contributed by atoms with van der Waals surface area (Å²) in [6, 6.07) is 8.15. The number of rotatable bonds is 5. The Balaban J connectivity index is 1.56. The highest BCUT2D eigenvalue weighted by Crippen LogP contribution is 2.12. The van der Waals surface area contributed by atoms with Gasteiger partial charge in [-0.15, -0.1) is 11.3 Å². The number of carbonyl (C=O) groups is 2. The van der Waals surface area contributed by atoms with E-state index in [1.165, 1.54) is 21.8 Å². The number of hydrogen-bond donors (Lipinski definition) is 1. The fourth-order valence-corrected chi connectivity index (χ4v) is 3.55. The van der Waals surface area contributed by atoms with Gasteiger partial charge in [0.1, 0.15) is 13.2 Å². The lowest BCUT2D eigenvalue weighted by Crippen LogP contribution is -2.30. The van der Waals surface area contributed by atoms with Gasteiger partial charge in [-0.05, 0) is 25.1 Å². The average Bonchev–Trinajstić information content (AvgIpc) is 2.99. The van der Waals surface area contributed by atoms with Crippen LogP contribution in [0, 0.1) is 6.92 Å². The molecule has 0 aliphatic rings. The Morgan fingerprint density at radius 1 is 1.35 bits per heavy atom. The number of halogens is 1. The molecule has 7 nitrogen and oxygen atoms in total. The molecule has 2 aromatic heterocycles. The number of amides is 1. The Kier molecular flexibility index (Phi) is 5.48. The zero-order valence-electron chi connectivity index (χ0n) is 13.7. The van der Waals surface area contributed by atoms with Gasteiger partial charge in [0.25, 0.3) is 11.5 Å². The van der Waals surface area contributed by atoms with Crippen molar-refractivity contribution in [1.29, 1.82) is 0 Å². The lowest BCUT2D eigenvalue weighted by atomic mass is 10.2. The molecule has 0 aliphatic carbocycles. The summed E-state index contributed by atoms with van der Waals surface area (Å²) in [5, 5.41) is 4.32. The third kappa shape index (κ3) is 4.17. The third-order valence-corrected chi connectivity index (χ3v) is 4.93. The highest BCUT2D eigenvalue weighted by molar-refractivity contribution is 9.10. The maximum atomic E-state index is 12.1. The van der Waals surface area contributed by atoms with E-state index in [2.05, 4.69) is 26.2 Å². The van der Waals surface area contributed by atoms with Gasteiger partial charge in [0.15, 0.2) is 4.96 Å². The first kappa shape index (κ1) is 18.3. The van der Waals surface area contributed by atoms with Gasteiger partial charge >= 0.3 is 5.97 Å². The van der Waals surface area contributed by atoms with Gasteiger partial charge in [-0.3, -0.25) is 18.8 Å². The van der Waals surface area contributed by atoms with Crippen molar-refractivity contribution in [2.75, 3.05) is 6.54 Å². The Hall–Kier alpha value is -2.52. The highest BCUT2D eigenvalue weighted by Gasteiger charge is 2.11. The van der Waals surface area contributed by atoms with Crippen molar-refractivity contribution in [3.63, 3.8) is 0 Å². The highest BCUT2D eigenvalue weighted by atomic mass is 79.9. The summed E-state index contributed by atoms with van der Waals surface area (Å²) in [6.07, 6.45) is 0. The van der Waals surface area contributed by atoms with Crippen LogP contribution in [0.15, 0.2) is 45.0 Å². The predicted octanol–water partition coefficient (Wildman–Crippen LogP) is 2.30. The summed E-state index contributed by atoms with van der Waals surface area (Å²) in [4.78, 5) is 40.7. The van der Waals surface area contributed by atoms with Crippen molar-refractivity contribution >= 4 is 44.1 Å². The Morgan fingerprint density at radius 2 is 2.15 bits per heavy atom. The molecule has 0 saturated carbocycles. The Bertz CT molecular complexity index is 1040. The number of fused-ring (bicyclic) bond motifs is 1. The monoisotopic (exact) mass is 435 g/mol. The second-order valence-corrected chi connectivity index (χ2v) is 7.19. The fraction of sp³-hybridized carbons (Fsp3) is 0.176. The van der Waals surface area contributed by atoms with Crippen LogP contribution in [0.5, 0.6) is 0 Å². The number of ether oxygens (including phenoxy) is 1. The second kappa shape index (κ2) is 7.79. The molecule has 9 heteroatoms. The maximum Gasteiger partial charge on any atom is 0.325 e. The molecule has 0 aliphatic heterocycles. The molecular formula is C17H14BrN3O4S. The first-order valence-electron chi connectivity index (χ1n) is 7.60. The lowest BCUT2D eigenvalue weighted by Gasteiger charge is -2.07. The van der Waals surface area contributed by atoms with Crippen molar-refractivity contribution in [3.8, 4) is 0 Å². The molecule has 3 aromatic rings. The Morgan fingerprint density at radius 3 is 2.92 bits per heavy atom. The summed E-state index contributed by atoms with van der Waals surface area (Å²) in [5.41, 5.74) is 1.38. The van der Waals surface area contributed by atoms with E-state index in [4.69, 9.17) is 4.74 Å². The van der Waals surface area contributed by atoms with E-state index in [0.29, 0.717) is 16.2 Å². The van der Waals surface area contributed by atoms with Crippen LogP contribution >= 0.6 is 27.3 Å². The molecule has 0 radical (unpaired) electrons. The largest absolute Gasteiger partial charge is 0.458 e. The van der Waals surface area contributed by atoms with Crippen LogP contribution in [0.3, 0.4) is 0 Å². The molecule has 1 N–H and O–H groups in total. The summed E-state index contributed by atoms with van der Waals surface area (Å²) in [6.45, 7) is 1.42. The SMILES string of the molecule is Cc1csc2nc(COC(=O)CNC(=O)c3cccc(Br)c3)cc(=O)n12. The van der Waals surface area contributed by atoms with Crippen molar-refractivity contribution in [3.05, 3.63) is 67.5 Å². The van der Waals surface area contributed by atoms with Crippen molar-refractivity contribution in [2.24, 2.45) is 0 Å². The minimum atomic E-state index is -0.613. The van der Waals surface area contributed by atoms with Gasteiger partial charge in [0.05, 0.1) is 5.69 Å². The summed E-state index contributed by atoms with van der Waals surface area (Å²) >= 11 is 4.62. The molecule has 0 bridgehead atoms. The van der Waals surface area contributed by atoms with Gasteiger partial charge in [-0.1, -0.05) is 22.0 Å². The molecule has 0 fully saturated rings. The molecular weight excluding hydrogens is 422 g/mol. The lowest BCUT2D eigenvalue weighted by molar-refractivity contribution is -0.143. The second-order valence-electron chi connectivity index (χ2n) is 5.43. The first-order valence-corrected chi connectivity index (χ1v) is 9.27. The van der Waals surface area contributed by atoms with Crippen LogP contribution in [0.4, 0.5) is 0 Å². The molecule has 1 aromatic carbocycles. The number of nitrogens with one attached hydrogen (secondary N) is 1. The number of aromatic nitrogens is 2. The maximum absolute atomic E-state index is 12.1. The van der Waals surface area contributed by atoms with Crippen LogP contribution in [0.2, 0.25) is 0 Å². The van der Waals surface area contributed by atoms with E-state index in [-0.39, 0.29) is 24.6 Å². The number of hydrogen-bond acceptors (Lipinski definition) is 6. The minimum Gasteiger partial charge on any atom is -0.458 e.